The molecule has 3 rings (SSSR count). The molecule has 0 fully saturated rings. The molecular weight excluding hydrogens is 376 g/mol. The first-order valence-corrected chi connectivity index (χ1v) is 10.9. The third-order valence-corrected chi connectivity index (χ3v) is 6.28. The van der Waals surface area contributed by atoms with Crippen LogP contribution in [0.5, 0.6) is 5.75 Å². The fourth-order valence-corrected chi connectivity index (χ4v) is 4.24. The van der Waals surface area contributed by atoms with E-state index in [1.54, 1.807) is 12.1 Å². The number of amides is 1. The van der Waals surface area contributed by atoms with Crippen LogP contribution in [-0.2, 0) is 27.7 Å². The SMILES string of the molecule is Cc1ccc(OCC(=O)NNS(=O)(=O)c2ccc(C(C)C)cc2)c2c1CCC2. The molecule has 0 aliphatic heterocycles. The number of carbonyl (C=O) groups excluding carboxylic acids is 1. The number of fused-ring (bicyclic) bond motifs is 1. The average Bonchev–Trinajstić information content (AvgIpc) is 3.17. The minimum atomic E-state index is -3.83. The van der Waals surface area contributed by atoms with Crippen LogP contribution in [0, 0.1) is 6.92 Å². The maximum absolute atomic E-state index is 12.3. The van der Waals surface area contributed by atoms with Gasteiger partial charge >= 0.3 is 0 Å². The van der Waals surface area contributed by atoms with Gasteiger partial charge in [-0.05, 0) is 72.6 Å². The van der Waals surface area contributed by atoms with Gasteiger partial charge in [0.25, 0.3) is 15.9 Å². The first-order valence-electron chi connectivity index (χ1n) is 9.42. The number of sulfonamides is 1. The summed E-state index contributed by atoms with van der Waals surface area (Å²) >= 11 is 0. The molecule has 28 heavy (non-hydrogen) atoms. The number of rotatable bonds is 7. The summed E-state index contributed by atoms with van der Waals surface area (Å²) in [4.78, 5) is 14.2. The standard InChI is InChI=1S/C21H26N2O4S/c1-14(2)16-8-10-17(11-9-16)28(25,26)23-22-21(24)13-27-20-12-7-15(3)18-5-4-6-19(18)20/h7-12,14,23H,4-6,13H2,1-3H3,(H,22,24). The zero-order chi connectivity index (χ0) is 20.3. The molecule has 0 heterocycles. The van der Waals surface area contributed by atoms with Gasteiger partial charge in [-0.25, -0.2) is 8.42 Å². The van der Waals surface area contributed by atoms with Crippen molar-refractivity contribution in [1.82, 2.24) is 10.3 Å². The summed E-state index contributed by atoms with van der Waals surface area (Å²) in [5.41, 5.74) is 6.93. The lowest BCUT2D eigenvalue weighted by atomic mass is 10.0. The third kappa shape index (κ3) is 4.54. The molecule has 7 heteroatoms. The Kier molecular flexibility index (Phi) is 6.05. The van der Waals surface area contributed by atoms with Gasteiger partial charge in [-0.3, -0.25) is 10.2 Å². The highest BCUT2D eigenvalue weighted by Crippen LogP contribution is 2.32. The zero-order valence-electron chi connectivity index (χ0n) is 16.4. The molecule has 0 bridgehead atoms. The largest absolute Gasteiger partial charge is 0.483 e. The summed E-state index contributed by atoms with van der Waals surface area (Å²) in [6.45, 7) is 5.88. The van der Waals surface area contributed by atoms with Crippen LogP contribution < -0.4 is 15.0 Å². The molecule has 6 nitrogen and oxygen atoms in total. The van der Waals surface area contributed by atoms with Crippen molar-refractivity contribution >= 4 is 15.9 Å². The summed E-state index contributed by atoms with van der Waals surface area (Å²) in [7, 11) is -3.83. The molecule has 1 amide bonds. The Balaban J connectivity index is 1.56. The predicted molar refractivity (Wildman–Crippen MR) is 108 cm³/mol. The van der Waals surface area contributed by atoms with E-state index >= 15 is 0 Å². The Hall–Kier alpha value is -2.38. The predicted octanol–water partition coefficient (Wildman–Crippen LogP) is 3.00. The van der Waals surface area contributed by atoms with Crippen molar-refractivity contribution in [2.24, 2.45) is 0 Å². The highest BCUT2D eigenvalue weighted by atomic mass is 32.2. The fourth-order valence-electron chi connectivity index (χ4n) is 3.38. The van der Waals surface area contributed by atoms with Crippen LogP contribution >= 0.6 is 0 Å². The normalized spacial score (nSPS) is 13.4. The molecule has 0 saturated heterocycles. The van der Waals surface area contributed by atoms with Gasteiger partial charge in [0.15, 0.2) is 6.61 Å². The second-order valence-electron chi connectivity index (χ2n) is 7.36. The van der Waals surface area contributed by atoms with E-state index in [1.165, 1.54) is 23.3 Å². The van der Waals surface area contributed by atoms with E-state index in [0.29, 0.717) is 11.7 Å². The van der Waals surface area contributed by atoms with Gasteiger partial charge in [-0.2, -0.15) is 0 Å². The van der Waals surface area contributed by atoms with Gasteiger partial charge in [0.05, 0.1) is 4.90 Å². The smallest absolute Gasteiger partial charge is 0.272 e. The van der Waals surface area contributed by atoms with Crippen molar-refractivity contribution in [1.29, 1.82) is 0 Å². The van der Waals surface area contributed by atoms with Gasteiger partial charge in [-0.1, -0.05) is 32.0 Å². The number of aryl methyl sites for hydroxylation is 1. The van der Waals surface area contributed by atoms with Crippen LogP contribution in [0.1, 0.15) is 48.4 Å². The second-order valence-corrected chi connectivity index (χ2v) is 9.04. The van der Waals surface area contributed by atoms with Crippen LogP contribution in [0.4, 0.5) is 0 Å². The number of ether oxygens (including phenoxy) is 1. The maximum Gasteiger partial charge on any atom is 0.272 e. The molecule has 0 atom stereocenters. The summed E-state index contributed by atoms with van der Waals surface area (Å²) in [6, 6.07) is 10.4. The van der Waals surface area contributed by atoms with Gasteiger partial charge in [0.1, 0.15) is 5.75 Å². The minimum absolute atomic E-state index is 0.0921. The number of benzene rings is 2. The van der Waals surface area contributed by atoms with Crippen LogP contribution in [0.15, 0.2) is 41.3 Å². The molecule has 2 aromatic rings. The minimum Gasteiger partial charge on any atom is -0.483 e. The summed E-state index contributed by atoms with van der Waals surface area (Å²) in [5.74, 6) is 0.444. The van der Waals surface area contributed by atoms with Crippen molar-refractivity contribution in [3.8, 4) is 5.75 Å². The molecule has 1 aliphatic rings. The van der Waals surface area contributed by atoms with E-state index in [0.717, 1.165) is 30.4 Å². The third-order valence-electron chi connectivity index (χ3n) is 5.02. The van der Waals surface area contributed by atoms with Crippen LogP contribution in [0.3, 0.4) is 0 Å². The van der Waals surface area contributed by atoms with Crippen LogP contribution in [0.2, 0.25) is 0 Å². The Bertz CT molecular complexity index is 967. The zero-order valence-corrected chi connectivity index (χ0v) is 17.2. The first kappa shape index (κ1) is 20.4. The monoisotopic (exact) mass is 402 g/mol. The van der Waals surface area contributed by atoms with Gasteiger partial charge in [-0.15, -0.1) is 4.83 Å². The molecule has 0 radical (unpaired) electrons. The van der Waals surface area contributed by atoms with Crippen molar-refractivity contribution in [2.45, 2.75) is 50.8 Å². The molecule has 150 valence electrons. The molecule has 1 aliphatic carbocycles. The van der Waals surface area contributed by atoms with E-state index in [4.69, 9.17) is 4.74 Å². The highest BCUT2D eigenvalue weighted by molar-refractivity contribution is 7.89. The summed E-state index contributed by atoms with van der Waals surface area (Å²) < 4.78 is 30.3. The lowest BCUT2D eigenvalue weighted by Gasteiger charge is -2.13. The summed E-state index contributed by atoms with van der Waals surface area (Å²) in [6.07, 6.45) is 3.05. The van der Waals surface area contributed by atoms with Crippen LogP contribution in [0.25, 0.3) is 0 Å². The molecule has 0 aromatic heterocycles. The topological polar surface area (TPSA) is 84.5 Å². The number of hydrogen-bond donors (Lipinski definition) is 2. The van der Waals surface area contributed by atoms with Gasteiger partial charge < -0.3 is 4.74 Å². The van der Waals surface area contributed by atoms with E-state index < -0.39 is 15.9 Å². The van der Waals surface area contributed by atoms with Crippen molar-refractivity contribution in [2.75, 3.05) is 6.61 Å². The Morgan fingerprint density at radius 3 is 2.43 bits per heavy atom. The summed E-state index contributed by atoms with van der Waals surface area (Å²) in [5, 5.41) is 0. The van der Waals surface area contributed by atoms with Gasteiger partial charge in [0.2, 0.25) is 0 Å². The van der Waals surface area contributed by atoms with E-state index in [-0.39, 0.29) is 11.5 Å². The molecule has 2 N–H and O–H groups in total. The molecule has 0 saturated carbocycles. The van der Waals surface area contributed by atoms with E-state index in [9.17, 15) is 13.2 Å². The molecular formula is C21H26N2O4S. The lowest BCUT2D eigenvalue weighted by Crippen LogP contribution is -2.43. The van der Waals surface area contributed by atoms with Crippen LogP contribution in [-0.4, -0.2) is 20.9 Å². The molecule has 2 aromatic carbocycles. The van der Waals surface area contributed by atoms with Crippen molar-refractivity contribution < 1.29 is 17.9 Å². The number of hydrazine groups is 1. The maximum atomic E-state index is 12.3. The fraction of sp³-hybridized carbons (Fsp3) is 0.381. The molecule has 0 unspecified atom stereocenters. The Morgan fingerprint density at radius 1 is 1.07 bits per heavy atom. The molecule has 0 spiro atoms. The number of hydrogen-bond acceptors (Lipinski definition) is 4. The van der Waals surface area contributed by atoms with Gasteiger partial charge in [0, 0.05) is 0 Å². The van der Waals surface area contributed by atoms with E-state index in [1.807, 2.05) is 26.0 Å². The second kappa shape index (κ2) is 8.32. The number of nitrogens with one attached hydrogen (secondary N) is 2. The highest BCUT2D eigenvalue weighted by Gasteiger charge is 2.19. The van der Waals surface area contributed by atoms with E-state index in [2.05, 4.69) is 17.2 Å². The Morgan fingerprint density at radius 2 is 1.75 bits per heavy atom. The van der Waals surface area contributed by atoms with Crippen molar-refractivity contribution in [3.05, 3.63) is 58.7 Å². The number of carbonyl (C=O) groups is 1. The average molecular weight is 403 g/mol. The Labute approximate surface area is 166 Å². The first-order chi connectivity index (χ1) is 13.3. The lowest BCUT2D eigenvalue weighted by molar-refractivity contribution is -0.123. The van der Waals surface area contributed by atoms with Crippen molar-refractivity contribution in [3.63, 3.8) is 0 Å². The quantitative estimate of drug-likeness (QED) is 0.698.